The monoisotopic (exact) mass is 582 g/mol. The van der Waals surface area contributed by atoms with Crippen LogP contribution < -0.4 is 30.0 Å². The molecule has 42 heavy (non-hydrogen) atoms. The number of nitrogen functional groups attached to an aromatic ring is 1. The van der Waals surface area contributed by atoms with Crippen LogP contribution >= 0.6 is 0 Å². The van der Waals surface area contributed by atoms with Gasteiger partial charge in [0, 0.05) is 17.6 Å². The van der Waals surface area contributed by atoms with Crippen LogP contribution in [0.3, 0.4) is 0 Å². The molecule has 216 valence electrons. The van der Waals surface area contributed by atoms with Gasteiger partial charge in [-0.05, 0) is 24.3 Å². The van der Waals surface area contributed by atoms with Gasteiger partial charge in [0.2, 0.25) is 5.95 Å². The molecule has 4 heterocycles. The van der Waals surface area contributed by atoms with Crippen molar-refractivity contribution in [1.82, 2.24) is 29.7 Å². The van der Waals surface area contributed by atoms with Crippen molar-refractivity contribution >= 4 is 28.6 Å². The topological polar surface area (TPSA) is 161 Å². The molecular formula is C26H21F3N8O5. The highest BCUT2D eigenvalue weighted by molar-refractivity contribution is 6.04. The second-order valence-electron chi connectivity index (χ2n) is 8.46. The Morgan fingerprint density at radius 1 is 0.952 bits per heavy atom. The van der Waals surface area contributed by atoms with Gasteiger partial charge in [-0.3, -0.25) is 9.78 Å². The molecule has 0 aliphatic rings. The van der Waals surface area contributed by atoms with E-state index in [4.69, 9.17) is 24.7 Å². The number of aromatic nitrogens is 6. The Balaban J connectivity index is 1.35. The Hall–Kier alpha value is -5.67. The molecule has 3 N–H and O–H groups in total. The predicted molar refractivity (Wildman–Crippen MR) is 142 cm³/mol. The molecule has 0 unspecified atom stereocenters. The molecule has 1 aromatic carbocycles. The zero-order chi connectivity index (χ0) is 29.9. The van der Waals surface area contributed by atoms with Crippen LogP contribution in [0.25, 0.3) is 16.6 Å². The minimum absolute atomic E-state index is 0.0204. The molecular weight excluding hydrogens is 561 g/mol. The number of anilines is 2. The summed E-state index contributed by atoms with van der Waals surface area (Å²) in [5, 5.41) is 7.19. The number of fused-ring (bicyclic) bond motifs is 1. The van der Waals surface area contributed by atoms with E-state index in [9.17, 15) is 18.0 Å². The fourth-order valence-electron chi connectivity index (χ4n) is 3.72. The van der Waals surface area contributed by atoms with Crippen molar-refractivity contribution in [2.75, 3.05) is 31.9 Å². The second-order valence-corrected chi connectivity index (χ2v) is 8.46. The highest BCUT2D eigenvalue weighted by Crippen LogP contribution is 2.37. The number of halogens is 3. The van der Waals surface area contributed by atoms with Gasteiger partial charge in [0.1, 0.15) is 23.0 Å². The van der Waals surface area contributed by atoms with Crippen molar-refractivity contribution < 1.29 is 36.9 Å². The van der Waals surface area contributed by atoms with Crippen LogP contribution in [0.2, 0.25) is 0 Å². The summed E-state index contributed by atoms with van der Waals surface area (Å²) < 4.78 is 61.1. The van der Waals surface area contributed by atoms with Crippen LogP contribution in [-0.4, -0.2) is 62.6 Å². The number of rotatable bonds is 9. The normalized spacial score (nSPS) is 11.3. The summed E-state index contributed by atoms with van der Waals surface area (Å²) >= 11 is 0. The summed E-state index contributed by atoms with van der Waals surface area (Å²) in [7, 11) is 3.03. The minimum atomic E-state index is -4.64. The number of hydrogen-bond acceptors (Lipinski definition) is 11. The van der Waals surface area contributed by atoms with Gasteiger partial charge >= 0.3 is 6.18 Å². The van der Waals surface area contributed by atoms with Gasteiger partial charge in [0.15, 0.2) is 29.5 Å². The number of nitrogens with two attached hydrogens (primary N) is 1. The first-order valence-corrected chi connectivity index (χ1v) is 12.0. The van der Waals surface area contributed by atoms with Gasteiger partial charge in [0.25, 0.3) is 5.91 Å². The maximum absolute atomic E-state index is 13.0. The summed E-state index contributed by atoms with van der Waals surface area (Å²) in [5.41, 5.74) is 5.89. The van der Waals surface area contributed by atoms with Gasteiger partial charge < -0.3 is 30.0 Å². The lowest BCUT2D eigenvalue weighted by Crippen LogP contribution is -2.21. The molecule has 0 radical (unpaired) electrons. The molecule has 0 aliphatic heterocycles. The summed E-state index contributed by atoms with van der Waals surface area (Å²) in [4.78, 5) is 29.1. The van der Waals surface area contributed by atoms with Crippen molar-refractivity contribution in [3.8, 4) is 34.4 Å². The Bertz CT molecular complexity index is 1730. The average molecular weight is 582 g/mol. The molecule has 0 saturated heterocycles. The number of alkyl halides is 3. The van der Waals surface area contributed by atoms with E-state index >= 15 is 0 Å². The summed E-state index contributed by atoms with van der Waals surface area (Å²) in [5.74, 6) is 0.556. The van der Waals surface area contributed by atoms with Gasteiger partial charge in [-0.1, -0.05) is 0 Å². The third-order valence-electron chi connectivity index (χ3n) is 5.62. The Labute approximate surface area is 235 Å². The first-order valence-electron chi connectivity index (χ1n) is 12.0. The average Bonchev–Trinajstić information content (AvgIpc) is 3.41. The second kappa shape index (κ2) is 11.4. The van der Waals surface area contributed by atoms with E-state index in [1.165, 1.54) is 38.9 Å². The molecule has 4 aromatic heterocycles. The maximum atomic E-state index is 13.0. The highest BCUT2D eigenvalue weighted by atomic mass is 19.4. The Kier molecular flexibility index (Phi) is 7.59. The molecule has 13 nitrogen and oxygen atoms in total. The molecule has 5 aromatic rings. The van der Waals surface area contributed by atoms with Gasteiger partial charge in [-0.25, -0.2) is 19.6 Å². The van der Waals surface area contributed by atoms with Gasteiger partial charge in [0.05, 0.1) is 44.5 Å². The van der Waals surface area contributed by atoms with Crippen LogP contribution in [0.1, 0.15) is 10.5 Å². The smallest absolute Gasteiger partial charge is 0.422 e. The number of amides is 1. The highest BCUT2D eigenvalue weighted by Gasteiger charge is 2.30. The van der Waals surface area contributed by atoms with Crippen molar-refractivity contribution in [3.63, 3.8) is 0 Å². The largest absolute Gasteiger partial charge is 0.493 e. The number of pyridine rings is 2. The molecule has 0 atom stereocenters. The lowest BCUT2D eigenvalue weighted by Gasteiger charge is -2.12. The van der Waals surface area contributed by atoms with Crippen LogP contribution in [0.4, 0.5) is 24.9 Å². The number of nitrogens with zero attached hydrogens (tertiary/aromatic N) is 6. The number of carbonyl (C=O) groups is 1. The van der Waals surface area contributed by atoms with Crippen LogP contribution in [-0.2, 0) is 0 Å². The number of benzene rings is 1. The fourth-order valence-corrected chi connectivity index (χ4v) is 3.72. The van der Waals surface area contributed by atoms with E-state index in [-0.39, 0.29) is 17.5 Å². The molecule has 0 fully saturated rings. The first kappa shape index (κ1) is 27.9. The molecule has 1 amide bonds. The van der Waals surface area contributed by atoms with Crippen LogP contribution in [0.15, 0.2) is 61.3 Å². The standard InChI is InChI=1S/C26H21F3N8O5/c1-39-19-7-16-17(8-20(19)40-2)31-6-5-18(16)42-15-3-4-22(32-11-15)35-24(38)23-21(41-13-26(27,28)29)12-37(36-23)14-9-33-25(30)34-10-14/h3-12H,13H2,1-2H3,(H2,30,33,34)(H,32,35,38). The van der Waals surface area contributed by atoms with Crippen molar-refractivity contribution in [2.24, 2.45) is 0 Å². The fraction of sp³-hybridized carbons (Fsp3) is 0.154. The predicted octanol–water partition coefficient (Wildman–Crippen LogP) is 4.19. The number of ether oxygens (including phenoxy) is 4. The van der Waals surface area contributed by atoms with E-state index < -0.39 is 30.1 Å². The molecule has 0 saturated carbocycles. The molecule has 0 aliphatic carbocycles. The number of nitrogens with one attached hydrogen (secondary N) is 1. The molecule has 16 heteroatoms. The van der Waals surface area contributed by atoms with E-state index in [0.29, 0.717) is 33.9 Å². The van der Waals surface area contributed by atoms with Crippen molar-refractivity contribution in [3.05, 3.63) is 67.0 Å². The SMILES string of the molecule is COc1cc2nccc(Oc3ccc(NC(=O)c4nn(-c5cnc(N)nc5)cc4OCC(F)(F)F)nc3)c2cc1OC. The van der Waals surface area contributed by atoms with Crippen molar-refractivity contribution in [1.29, 1.82) is 0 Å². The first-order chi connectivity index (χ1) is 20.1. The number of hydrogen-bond donors (Lipinski definition) is 2. The van der Waals surface area contributed by atoms with Gasteiger partial charge in [-0.15, -0.1) is 0 Å². The number of carbonyl (C=O) groups excluding carboxylic acids is 1. The van der Waals surface area contributed by atoms with Gasteiger partial charge in [-0.2, -0.15) is 18.3 Å². The van der Waals surface area contributed by atoms with Crippen LogP contribution in [0, 0.1) is 0 Å². The third kappa shape index (κ3) is 6.22. The molecule has 0 bridgehead atoms. The van der Waals surface area contributed by atoms with Crippen LogP contribution in [0.5, 0.6) is 28.7 Å². The van der Waals surface area contributed by atoms with E-state index in [0.717, 1.165) is 10.9 Å². The lowest BCUT2D eigenvalue weighted by atomic mass is 10.2. The lowest BCUT2D eigenvalue weighted by molar-refractivity contribution is -0.153. The summed E-state index contributed by atoms with van der Waals surface area (Å²) in [6.07, 6.45) is 1.94. The third-order valence-corrected chi connectivity index (χ3v) is 5.62. The molecule has 0 spiro atoms. The van der Waals surface area contributed by atoms with E-state index in [2.05, 4.69) is 30.4 Å². The maximum Gasteiger partial charge on any atom is 0.422 e. The van der Waals surface area contributed by atoms with E-state index in [1.54, 1.807) is 30.5 Å². The number of methoxy groups -OCH3 is 2. The van der Waals surface area contributed by atoms with Crippen molar-refractivity contribution in [2.45, 2.75) is 6.18 Å². The Morgan fingerprint density at radius 2 is 1.69 bits per heavy atom. The quantitative estimate of drug-likeness (QED) is 0.256. The summed E-state index contributed by atoms with van der Waals surface area (Å²) in [6, 6.07) is 8.09. The summed E-state index contributed by atoms with van der Waals surface area (Å²) in [6.45, 7) is -1.64. The zero-order valence-corrected chi connectivity index (χ0v) is 21.9. The molecule has 5 rings (SSSR count). The minimum Gasteiger partial charge on any atom is -0.493 e. The Morgan fingerprint density at radius 3 is 2.36 bits per heavy atom. The van der Waals surface area contributed by atoms with E-state index in [1.807, 2.05) is 0 Å². The zero-order valence-electron chi connectivity index (χ0n) is 21.9.